The van der Waals surface area contributed by atoms with E-state index in [0.717, 1.165) is 24.1 Å². The number of benzene rings is 1. The van der Waals surface area contributed by atoms with Crippen LogP contribution in [0.2, 0.25) is 0 Å². The predicted octanol–water partition coefficient (Wildman–Crippen LogP) is 3.92. The topological polar surface area (TPSA) is 46.1 Å². The summed E-state index contributed by atoms with van der Waals surface area (Å²) in [6.07, 6.45) is 2.43. The van der Waals surface area contributed by atoms with Crippen molar-refractivity contribution < 1.29 is 9.18 Å². The molecule has 0 spiro atoms. The fourth-order valence-corrected chi connectivity index (χ4v) is 5.04. The average Bonchev–Trinajstić information content (AvgIpc) is 2.95. The lowest BCUT2D eigenvalue weighted by molar-refractivity contribution is -0.131. The molecule has 2 aliphatic rings. The number of carbonyl (C=O) groups is 1. The predicted molar refractivity (Wildman–Crippen MR) is 98.2 cm³/mol. The van der Waals surface area contributed by atoms with Gasteiger partial charge in [0, 0.05) is 31.5 Å². The second-order valence-electron chi connectivity index (χ2n) is 8.37. The monoisotopic (exact) mass is 353 g/mol. The van der Waals surface area contributed by atoms with Gasteiger partial charge in [0.05, 0.1) is 11.4 Å². The number of fused-ring (bicyclic) bond motifs is 5. The van der Waals surface area contributed by atoms with Crippen LogP contribution in [0.3, 0.4) is 0 Å². The molecule has 5 heteroatoms. The van der Waals surface area contributed by atoms with Crippen LogP contribution in [0.1, 0.15) is 50.3 Å². The van der Waals surface area contributed by atoms with Gasteiger partial charge in [-0.2, -0.15) is 10.2 Å². The lowest BCUT2D eigenvalue weighted by Crippen LogP contribution is -2.40. The van der Waals surface area contributed by atoms with E-state index in [0.29, 0.717) is 23.6 Å². The maximum Gasteiger partial charge on any atom is 0.223 e. The zero-order valence-electron chi connectivity index (χ0n) is 15.7. The van der Waals surface area contributed by atoms with Crippen molar-refractivity contribution in [1.82, 2.24) is 15.1 Å². The summed E-state index contributed by atoms with van der Waals surface area (Å²) in [6.45, 7) is 4.47. The molecule has 0 N–H and O–H groups in total. The molecule has 0 aliphatic heterocycles. The molecular formula is C21H24FN3O. The van der Waals surface area contributed by atoms with Crippen LogP contribution in [0, 0.1) is 11.2 Å². The number of amides is 1. The Morgan fingerprint density at radius 2 is 2.00 bits per heavy atom. The van der Waals surface area contributed by atoms with Crippen molar-refractivity contribution in [2.75, 3.05) is 14.1 Å². The molecule has 4 nitrogen and oxygen atoms in total. The molecule has 1 aromatic carbocycles. The molecule has 2 unspecified atom stereocenters. The molecule has 0 radical (unpaired) electrons. The molecule has 1 amide bonds. The molecule has 1 fully saturated rings. The molecule has 1 aromatic heterocycles. The highest BCUT2D eigenvalue weighted by Crippen LogP contribution is 2.68. The quantitative estimate of drug-likeness (QED) is 0.840. The second kappa shape index (κ2) is 5.60. The summed E-state index contributed by atoms with van der Waals surface area (Å²) >= 11 is 0. The first-order valence-electron chi connectivity index (χ1n) is 9.11. The van der Waals surface area contributed by atoms with Crippen molar-refractivity contribution in [2.24, 2.45) is 5.41 Å². The third kappa shape index (κ3) is 2.15. The average molecular weight is 353 g/mol. The van der Waals surface area contributed by atoms with E-state index in [2.05, 4.69) is 24.0 Å². The summed E-state index contributed by atoms with van der Waals surface area (Å²) < 4.78 is 14.2. The Kier molecular flexibility index (Phi) is 3.69. The van der Waals surface area contributed by atoms with Crippen LogP contribution in [0.15, 0.2) is 30.3 Å². The molecule has 0 saturated heterocycles. The van der Waals surface area contributed by atoms with Crippen molar-refractivity contribution in [3.63, 3.8) is 0 Å². The Morgan fingerprint density at radius 3 is 2.69 bits per heavy atom. The van der Waals surface area contributed by atoms with Crippen LogP contribution in [-0.4, -0.2) is 35.1 Å². The third-order valence-electron chi connectivity index (χ3n) is 6.72. The summed E-state index contributed by atoms with van der Waals surface area (Å²) in [7, 11) is 3.59. The molecule has 2 aromatic rings. The zero-order chi connectivity index (χ0) is 18.7. The summed E-state index contributed by atoms with van der Waals surface area (Å²) in [5.41, 5.74) is 2.77. The van der Waals surface area contributed by atoms with Gasteiger partial charge in [0.25, 0.3) is 0 Å². The SMILES string of the molecule is CN(C)C(=O)CC12CCC(c3cc(-c4ccccc4F)nnc31)C2(C)C. The van der Waals surface area contributed by atoms with E-state index in [1.54, 1.807) is 37.2 Å². The minimum Gasteiger partial charge on any atom is -0.349 e. The largest absolute Gasteiger partial charge is 0.349 e. The van der Waals surface area contributed by atoms with Crippen LogP contribution < -0.4 is 0 Å². The van der Waals surface area contributed by atoms with Crippen LogP contribution >= 0.6 is 0 Å². The van der Waals surface area contributed by atoms with E-state index < -0.39 is 0 Å². The van der Waals surface area contributed by atoms with Crippen LogP contribution in [0.5, 0.6) is 0 Å². The van der Waals surface area contributed by atoms with Gasteiger partial charge in [-0.25, -0.2) is 4.39 Å². The summed E-state index contributed by atoms with van der Waals surface area (Å²) in [6, 6.07) is 8.65. The Bertz CT molecular complexity index is 893. The molecule has 2 bridgehead atoms. The van der Waals surface area contributed by atoms with Crippen molar-refractivity contribution in [3.05, 3.63) is 47.4 Å². The Labute approximate surface area is 153 Å². The Morgan fingerprint density at radius 1 is 1.27 bits per heavy atom. The van der Waals surface area contributed by atoms with Gasteiger partial charge in [-0.1, -0.05) is 26.0 Å². The first-order chi connectivity index (χ1) is 12.3. The van der Waals surface area contributed by atoms with Crippen molar-refractivity contribution in [3.8, 4) is 11.3 Å². The highest BCUT2D eigenvalue weighted by molar-refractivity contribution is 5.78. The highest BCUT2D eigenvalue weighted by Gasteiger charge is 2.63. The van der Waals surface area contributed by atoms with Crippen molar-refractivity contribution >= 4 is 5.91 Å². The van der Waals surface area contributed by atoms with Crippen molar-refractivity contribution in [1.29, 1.82) is 0 Å². The molecular weight excluding hydrogens is 329 g/mol. The smallest absolute Gasteiger partial charge is 0.223 e. The minimum atomic E-state index is -0.290. The van der Waals surface area contributed by atoms with Crippen LogP contribution in [0.25, 0.3) is 11.3 Å². The number of nitrogens with zero attached hydrogens (tertiary/aromatic N) is 3. The van der Waals surface area contributed by atoms with E-state index in [1.165, 1.54) is 6.07 Å². The van der Waals surface area contributed by atoms with E-state index >= 15 is 0 Å². The number of carbonyl (C=O) groups excluding carboxylic acids is 1. The lowest BCUT2D eigenvalue weighted by atomic mass is 9.66. The van der Waals surface area contributed by atoms with Crippen LogP contribution in [-0.2, 0) is 10.2 Å². The van der Waals surface area contributed by atoms with E-state index in [9.17, 15) is 9.18 Å². The minimum absolute atomic E-state index is 0.0659. The maximum absolute atomic E-state index is 14.2. The van der Waals surface area contributed by atoms with Gasteiger partial charge >= 0.3 is 0 Å². The van der Waals surface area contributed by atoms with Crippen molar-refractivity contribution in [2.45, 2.75) is 44.4 Å². The number of hydrogen-bond acceptors (Lipinski definition) is 3. The standard InChI is InChI=1S/C21H24FN3O/c1-20(2)15-9-10-21(20,12-18(26)25(3)4)19-14(15)11-17(23-24-19)13-7-5-6-8-16(13)22/h5-8,11,15H,9-10,12H2,1-4H3. The summed E-state index contributed by atoms with van der Waals surface area (Å²) in [5, 5.41) is 8.90. The second-order valence-corrected chi connectivity index (χ2v) is 8.37. The van der Waals surface area contributed by atoms with Gasteiger partial charge in [0.2, 0.25) is 5.91 Å². The van der Waals surface area contributed by atoms with Gasteiger partial charge in [-0.3, -0.25) is 4.79 Å². The molecule has 26 heavy (non-hydrogen) atoms. The zero-order valence-corrected chi connectivity index (χ0v) is 15.7. The summed E-state index contributed by atoms with van der Waals surface area (Å²) in [5.74, 6) is 0.154. The highest BCUT2D eigenvalue weighted by atomic mass is 19.1. The first kappa shape index (κ1) is 17.1. The molecule has 4 rings (SSSR count). The number of hydrogen-bond donors (Lipinski definition) is 0. The van der Waals surface area contributed by atoms with Gasteiger partial charge in [0.1, 0.15) is 5.82 Å². The molecule has 1 saturated carbocycles. The fourth-order valence-electron chi connectivity index (χ4n) is 5.04. The first-order valence-corrected chi connectivity index (χ1v) is 9.11. The van der Waals surface area contributed by atoms with Gasteiger partial charge in [-0.05, 0) is 47.9 Å². The van der Waals surface area contributed by atoms with Gasteiger partial charge < -0.3 is 4.90 Å². The molecule has 2 aliphatic carbocycles. The Balaban J connectivity index is 1.83. The number of rotatable bonds is 3. The van der Waals surface area contributed by atoms with E-state index in [-0.39, 0.29) is 22.6 Å². The maximum atomic E-state index is 14.2. The third-order valence-corrected chi connectivity index (χ3v) is 6.72. The fraction of sp³-hybridized carbons (Fsp3) is 0.476. The normalized spacial score (nSPS) is 25.2. The van der Waals surface area contributed by atoms with Gasteiger partial charge in [-0.15, -0.1) is 0 Å². The van der Waals surface area contributed by atoms with Gasteiger partial charge in [0.15, 0.2) is 0 Å². The number of aromatic nitrogens is 2. The van der Waals surface area contributed by atoms with E-state index in [1.807, 2.05) is 6.07 Å². The van der Waals surface area contributed by atoms with E-state index in [4.69, 9.17) is 0 Å². The lowest BCUT2D eigenvalue weighted by Gasteiger charge is -2.38. The molecule has 136 valence electrons. The molecule has 1 heterocycles. The molecule has 2 atom stereocenters. The Hall–Kier alpha value is -2.30. The van der Waals surface area contributed by atoms with Crippen LogP contribution in [0.4, 0.5) is 4.39 Å². The number of halogens is 1. The summed E-state index contributed by atoms with van der Waals surface area (Å²) in [4.78, 5) is 14.2.